The molecule has 144 valence electrons. The summed E-state index contributed by atoms with van der Waals surface area (Å²) in [5, 5.41) is 12.6. The third kappa shape index (κ3) is 4.85. The first-order valence-electron chi connectivity index (χ1n) is 8.43. The number of anilines is 1. The summed E-state index contributed by atoms with van der Waals surface area (Å²) >= 11 is 1.29. The molecule has 1 aromatic carbocycles. The van der Waals surface area contributed by atoms with Gasteiger partial charge in [-0.3, -0.25) is 4.79 Å². The minimum absolute atomic E-state index is 0.0299. The fraction of sp³-hybridized carbons (Fsp3) is 0.316. The van der Waals surface area contributed by atoms with Crippen LogP contribution in [-0.4, -0.2) is 36.2 Å². The van der Waals surface area contributed by atoms with Gasteiger partial charge in [0.15, 0.2) is 6.61 Å². The number of hydrogen-bond acceptors (Lipinski definition) is 7. The van der Waals surface area contributed by atoms with Crippen LogP contribution < -0.4 is 5.32 Å². The van der Waals surface area contributed by atoms with E-state index in [-0.39, 0.29) is 17.9 Å². The van der Waals surface area contributed by atoms with Gasteiger partial charge in [-0.2, -0.15) is 0 Å². The predicted molar refractivity (Wildman–Crippen MR) is 101 cm³/mol. The van der Waals surface area contributed by atoms with E-state index in [0.717, 1.165) is 10.4 Å². The number of rotatable bonds is 7. The van der Waals surface area contributed by atoms with E-state index in [9.17, 15) is 19.5 Å². The molecule has 0 atom stereocenters. The molecule has 0 radical (unpaired) electrons. The van der Waals surface area contributed by atoms with Gasteiger partial charge in [0, 0.05) is 4.88 Å². The number of benzene rings is 1. The van der Waals surface area contributed by atoms with Crippen molar-refractivity contribution < 1.29 is 29.0 Å². The van der Waals surface area contributed by atoms with Gasteiger partial charge in [-0.15, -0.1) is 11.3 Å². The number of hydrogen-bond donors (Lipinski definition) is 2. The van der Waals surface area contributed by atoms with Crippen molar-refractivity contribution in [2.24, 2.45) is 0 Å². The molecule has 7 nitrogen and oxygen atoms in total. The Morgan fingerprint density at radius 1 is 1.11 bits per heavy atom. The van der Waals surface area contributed by atoms with Crippen LogP contribution in [0.15, 0.2) is 24.3 Å². The standard InChI is InChI=1S/C19H21NO6S/c1-4-14-11(3)16(19(24)25-5-2)17(27-14)20-15(22)10-26-18(23)12-8-6-7-9-13(12)21/h6-9,21H,4-5,10H2,1-3H3,(H,20,22). The molecule has 2 N–H and O–H groups in total. The Morgan fingerprint density at radius 3 is 2.44 bits per heavy atom. The van der Waals surface area contributed by atoms with E-state index < -0.39 is 24.5 Å². The monoisotopic (exact) mass is 391 g/mol. The Hall–Kier alpha value is -2.87. The van der Waals surface area contributed by atoms with Crippen molar-refractivity contribution in [2.45, 2.75) is 27.2 Å². The van der Waals surface area contributed by atoms with Crippen LogP contribution in [0.5, 0.6) is 5.75 Å². The lowest BCUT2D eigenvalue weighted by molar-refractivity contribution is -0.119. The van der Waals surface area contributed by atoms with E-state index in [0.29, 0.717) is 17.0 Å². The van der Waals surface area contributed by atoms with Crippen molar-refractivity contribution in [3.8, 4) is 5.75 Å². The highest BCUT2D eigenvalue weighted by molar-refractivity contribution is 7.17. The fourth-order valence-electron chi connectivity index (χ4n) is 2.45. The molecular formula is C19H21NO6S. The van der Waals surface area contributed by atoms with Gasteiger partial charge in [0.2, 0.25) is 0 Å². The highest BCUT2D eigenvalue weighted by atomic mass is 32.1. The van der Waals surface area contributed by atoms with Crippen molar-refractivity contribution in [1.29, 1.82) is 0 Å². The van der Waals surface area contributed by atoms with Gasteiger partial charge in [-0.25, -0.2) is 9.59 Å². The number of esters is 2. The van der Waals surface area contributed by atoms with Crippen molar-refractivity contribution in [3.63, 3.8) is 0 Å². The van der Waals surface area contributed by atoms with Crippen molar-refractivity contribution in [3.05, 3.63) is 45.8 Å². The number of carbonyl (C=O) groups is 3. The van der Waals surface area contributed by atoms with Crippen LogP contribution in [-0.2, 0) is 20.7 Å². The minimum Gasteiger partial charge on any atom is -0.507 e. The van der Waals surface area contributed by atoms with Crippen LogP contribution >= 0.6 is 11.3 Å². The number of para-hydroxylation sites is 1. The largest absolute Gasteiger partial charge is 0.507 e. The zero-order valence-electron chi connectivity index (χ0n) is 15.3. The Morgan fingerprint density at radius 2 is 1.81 bits per heavy atom. The Bertz CT molecular complexity index is 858. The lowest BCUT2D eigenvalue weighted by atomic mass is 10.1. The topological polar surface area (TPSA) is 102 Å². The number of aromatic hydroxyl groups is 1. The first kappa shape index (κ1) is 20.4. The normalized spacial score (nSPS) is 10.3. The van der Waals surface area contributed by atoms with E-state index >= 15 is 0 Å². The van der Waals surface area contributed by atoms with Crippen molar-refractivity contribution >= 4 is 34.2 Å². The molecule has 2 aromatic rings. The van der Waals surface area contributed by atoms with E-state index in [4.69, 9.17) is 9.47 Å². The summed E-state index contributed by atoms with van der Waals surface area (Å²) in [5.74, 6) is -2.14. The molecule has 2 rings (SSSR count). The summed E-state index contributed by atoms with van der Waals surface area (Å²) in [6.45, 7) is 5.13. The second-order valence-corrected chi connectivity index (χ2v) is 6.68. The Labute approximate surface area is 160 Å². The summed E-state index contributed by atoms with van der Waals surface area (Å²) in [7, 11) is 0. The van der Waals surface area contributed by atoms with Crippen LogP contribution in [0.2, 0.25) is 0 Å². The zero-order chi connectivity index (χ0) is 20.0. The molecule has 0 fully saturated rings. The molecule has 0 aliphatic heterocycles. The van der Waals surface area contributed by atoms with Gasteiger partial charge in [0.25, 0.3) is 5.91 Å². The fourth-order valence-corrected chi connectivity index (χ4v) is 3.60. The SMILES string of the molecule is CCOC(=O)c1c(NC(=O)COC(=O)c2ccccc2O)sc(CC)c1C. The maximum atomic E-state index is 12.2. The average Bonchev–Trinajstić information content (AvgIpc) is 2.95. The van der Waals surface area contributed by atoms with Gasteiger partial charge < -0.3 is 19.9 Å². The Balaban J connectivity index is 2.08. The zero-order valence-corrected chi connectivity index (χ0v) is 16.1. The van der Waals surface area contributed by atoms with E-state index in [2.05, 4.69) is 5.32 Å². The second-order valence-electron chi connectivity index (χ2n) is 5.57. The molecule has 0 spiro atoms. The molecule has 0 aliphatic rings. The van der Waals surface area contributed by atoms with Crippen LogP contribution in [0.3, 0.4) is 0 Å². The summed E-state index contributed by atoms with van der Waals surface area (Å²) in [6.07, 6.45) is 0.709. The number of amides is 1. The van der Waals surface area contributed by atoms with Crippen molar-refractivity contribution in [2.75, 3.05) is 18.5 Å². The summed E-state index contributed by atoms with van der Waals surface area (Å²) < 4.78 is 9.99. The number of ether oxygens (including phenoxy) is 2. The molecule has 1 heterocycles. The number of carbonyl (C=O) groups excluding carboxylic acids is 3. The number of aryl methyl sites for hydroxylation is 1. The van der Waals surface area contributed by atoms with Crippen molar-refractivity contribution in [1.82, 2.24) is 0 Å². The highest BCUT2D eigenvalue weighted by Gasteiger charge is 2.23. The van der Waals surface area contributed by atoms with Gasteiger partial charge >= 0.3 is 11.9 Å². The molecule has 0 unspecified atom stereocenters. The smallest absolute Gasteiger partial charge is 0.342 e. The first-order valence-corrected chi connectivity index (χ1v) is 9.24. The van der Waals surface area contributed by atoms with Gasteiger partial charge in [0.1, 0.15) is 16.3 Å². The van der Waals surface area contributed by atoms with Gasteiger partial charge in [-0.1, -0.05) is 19.1 Å². The van der Waals surface area contributed by atoms with Gasteiger partial charge in [-0.05, 0) is 38.0 Å². The maximum absolute atomic E-state index is 12.2. The van der Waals surface area contributed by atoms with Crippen LogP contribution in [0.4, 0.5) is 5.00 Å². The lowest BCUT2D eigenvalue weighted by Gasteiger charge is -2.08. The first-order chi connectivity index (χ1) is 12.9. The number of thiophene rings is 1. The van der Waals surface area contributed by atoms with E-state index in [1.54, 1.807) is 26.0 Å². The molecule has 1 amide bonds. The average molecular weight is 391 g/mol. The molecule has 8 heteroatoms. The quantitative estimate of drug-likeness (QED) is 0.702. The Kier molecular flexibility index (Phi) is 6.95. The molecule has 0 bridgehead atoms. The molecule has 0 saturated carbocycles. The second kappa shape index (κ2) is 9.18. The molecule has 27 heavy (non-hydrogen) atoms. The van der Waals surface area contributed by atoms with Gasteiger partial charge in [0.05, 0.1) is 12.2 Å². The molecule has 0 aliphatic carbocycles. The summed E-state index contributed by atoms with van der Waals surface area (Å²) in [4.78, 5) is 37.3. The molecular weight excluding hydrogens is 370 g/mol. The van der Waals surface area contributed by atoms with E-state index in [1.165, 1.54) is 23.5 Å². The highest BCUT2D eigenvalue weighted by Crippen LogP contribution is 2.34. The number of phenols is 1. The molecule has 0 saturated heterocycles. The maximum Gasteiger partial charge on any atom is 0.342 e. The minimum atomic E-state index is -0.814. The van der Waals surface area contributed by atoms with Crippen LogP contribution in [0.25, 0.3) is 0 Å². The number of nitrogens with one attached hydrogen (secondary N) is 1. The van der Waals surface area contributed by atoms with Crippen LogP contribution in [0.1, 0.15) is 45.0 Å². The number of phenolic OH excluding ortho intramolecular Hbond substituents is 1. The van der Waals surface area contributed by atoms with Crippen LogP contribution in [0, 0.1) is 6.92 Å². The predicted octanol–water partition coefficient (Wildman–Crippen LogP) is 3.30. The third-order valence-corrected chi connectivity index (χ3v) is 5.11. The molecule has 1 aromatic heterocycles. The summed E-state index contributed by atoms with van der Waals surface area (Å²) in [5.41, 5.74) is 1.05. The third-order valence-electron chi connectivity index (χ3n) is 3.76. The summed E-state index contributed by atoms with van der Waals surface area (Å²) in [6, 6.07) is 5.89. The van der Waals surface area contributed by atoms with E-state index in [1.807, 2.05) is 6.92 Å². The lowest BCUT2D eigenvalue weighted by Crippen LogP contribution is -2.21.